The number of benzene rings is 1. The largest absolute Gasteiger partial charge is 0.356 e. The molecule has 2 fully saturated rings. The van der Waals surface area contributed by atoms with Gasteiger partial charge in [0.1, 0.15) is 5.82 Å². The summed E-state index contributed by atoms with van der Waals surface area (Å²) in [5.74, 6) is 2.35. The van der Waals surface area contributed by atoms with E-state index in [1.165, 1.54) is 0 Å². The molecule has 2 aliphatic rings. The number of aryl methyl sites for hydroxylation is 1. The first-order valence-corrected chi connectivity index (χ1v) is 10.7. The van der Waals surface area contributed by atoms with Crippen LogP contribution in [0.2, 0.25) is 0 Å². The molecule has 0 atom stereocenters. The second-order valence-electron chi connectivity index (χ2n) is 8.39. The van der Waals surface area contributed by atoms with Crippen molar-refractivity contribution in [1.82, 2.24) is 20.0 Å². The molecule has 7 nitrogen and oxygen atoms in total. The number of nitriles is 1. The summed E-state index contributed by atoms with van der Waals surface area (Å²) in [5.41, 5.74) is 3.92. The van der Waals surface area contributed by atoms with Crippen molar-refractivity contribution in [2.45, 2.75) is 44.4 Å². The Balaban J connectivity index is 1.35. The second-order valence-corrected chi connectivity index (χ2v) is 8.39. The third-order valence-corrected chi connectivity index (χ3v) is 6.10. The summed E-state index contributed by atoms with van der Waals surface area (Å²) in [7, 11) is 0. The lowest BCUT2D eigenvalue weighted by Gasteiger charge is -2.32. The third-order valence-electron chi connectivity index (χ3n) is 6.10. The van der Waals surface area contributed by atoms with Crippen molar-refractivity contribution in [2.24, 2.45) is 0 Å². The zero-order valence-electron chi connectivity index (χ0n) is 17.4. The highest BCUT2D eigenvalue weighted by molar-refractivity contribution is 5.94. The number of amides is 1. The molecule has 2 aromatic heterocycles. The van der Waals surface area contributed by atoms with E-state index in [9.17, 15) is 4.79 Å². The van der Waals surface area contributed by atoms with Crippen LogP contribution < -0.4 is 0 Å². The molecule has 31 heavy (non-hydrogen) atoms. The van der Waals surface area contributed by atoms with Crippen molar-refractivity contribution in [1.29, 1.82) is 5.26 Å². The Kier molecular flexibility index (Phi) is 4.99. The van der Waals surface area contributed by atoms with Crippen LogP contribution in [0.4, 0.5) is 0 Å². The first-order chi connectivity index (χ1) is 15.1. The van der Waals surface area contributed by atoms with Crippen LogP contribution in [0.15, 0.2) is 41.1 Å². The predicted molar refractivity (Wildman–Crippen MR) is 113 cm³/mol. The van der Waals surface area contributed by atoms with Gasteiger partial charge in [0.15, 0.2) is 5.76 Å². The standard InChI is InChI=1S/C24H23N5O2/c1-15-12-21(31-28-15)20-14-26-23(18-6-7-18)27-22(20)17-8-10-29(11-9-17)24(30)19-4-2-16(13-25)3-5-19/h2-5,12,14,17-18H,6-11H2,1H3. The number of likely N-dealkylation sites (tertiary alicyclic amines) is 1. The smallest absolute Gasteiger partial charge is 0.253 e. The van der Waals surface area contributed by atoms with Crippen molar-refractivity contribution in [3.8, 4) is 17.4 Å². The zero-order valence-corrected chi connectivity index (χ0v) is 17.4. The maximum atomic E-state index is 12.9. The molecule has 1 amide bonds. The van der Waals surface area contributed by atoms with Crippen LogP contribution in [-0.4, -0.2) is 39.0 Å². The number of nitrogens with zero attached hydrogens (tertiary/aromatic N) is 5. The number of aromatic nitrogens is 3. The SMILES string of the molecule is Cc1cc(-c2cnc(C3CC3)nc2C2CCN(C(=O)c3ccc(C#N)cc3)CC2)on1. The van der Waals surface area contributed by atoms with Gasteiger partial charge in [0.05, 0.1) is 28.6 Å². The van der Waals surface area contributed by atoms with Crippen molar-refractivity contribution in [3.05, 3.63) is 64.9 Å². The maximum Gasteiger partial charge on any atom is 0.253 e. The Hall–Kier alpha value is -3.53. The minimum absolute atomic E-state index is 0.00961. The van der Waals surface area contributed by atoms with Crippen molar-refractivity contribution in [3.63, 3.8) is 0 Å². The van der Waals surface area contributed by atoms with Gasteiger partial charge in [-0.25, -0.2) is 9.97 Å². The van der Waals surface area contributed by atoms with Crippen LogP contribution in [0.5, 0.6) is 0 Å². The molecule has 1 saturated heterocycles. The van der Waals surface area contributed by atoms with Crippen molar-refractivity contribution < 1.29 is 9.32 Å². The van der Waals surface area contributed by atoms with Gasteiger partial charge < -0.3 is 9.42 Å². The summed E-state index contributed by atoms with van der Waals surface area (Å²) in [6.45, 7) is 3.24. The Morgan fingerprint density at radius 3 is 2.48 bits per heavy atom. The third kappa shape index (κ3) is 3.93. The molecule has 0 bridgehead atoms. The Labute approximate surface area is 180 Å². The van der Waals surface area contributed by atoms with Gasteiger partial charge in [-0.3, -0.25) is 4.79 Å². The molecule has 0 radical (unpaired) electrons. The quantitative estimate of drug-likeness (QED) is 0.636. The fourth-order valence-electron chi connectivity index (χ4n) is 4.17. The van der Waals surface area contributed by atoms with Gasteiger partial charge in [0, 0.05) is 42.8 Å². The van der Waals surface area contributed by atoms with Gasteiger partial charge in [0.2, 0.25) is 0 Å². The average Bonchev–Trinajstić information content (AvgIpc) is 3.59. The van der Waals surface area contributed by atoms with Crippen LogP contribution in [0.25, 0.3) is 11.3 Å². The monoisotopic (exact) mass is 413 g/mol. The van der Waals surface area contributed by atoms with Gasteiger partial charge >= 0.3 is 0 Å². The van der Waals surface area contributed by atoms with Gasteiger partial charge in [-0.2, -0.15) is 5.26 Å². The van der Waals surface area contributed by atoms with Gasteiger partial charge in [-0.15, -0.1) is 0 Å². The lowest BCUT2D eigenvalue weighted by molar-refractivity contribution is 0.0712. The van der Waals surface area contributed by atoms with E-state index in [1.54, 1.807) is 24.3 Å². The fraction of sp³-hybridized carbons (Fsp3) is 0.375. The normalized spacial score (nSPS) is 16.8. The molecule has 1 aliphatic carbocycles. The summed E-state index contributed by atoms with van der Waals surface area (Å²) in [4.78, 5) is 24.3. The van der Waals surface area contributed by atoms with Crippen LogP contribution in [0.1, 0.15) is 70.7 Å². The summed E-state index contributed by atoms with van der Waals surface area (Å²) < 4.78 is 5.52. The van der Waals surface area contributed by atoms with E-state index >= 15 is 0 Å². The number of carbonyl (C=O) groups excluding carboxylic acids is 1. The van der Waals surface area contributed by atoms with Crippen LogP contribution in [0, 0.1) is 18.3 Å². The molecule has 3 heterocycles. The number of piperidine rings is 1. The molecular weight excluding hydrogens is 390 g/mol. The average molecular weight is 413 g/mol. The van der Waals surface area contributed by atoms with Crippen LogP contribution in [0.3, 0.4) is 0 Å². The summed E-state index contributed by atoms with van der Waals surface area (Å²) in [6.07, 6.45) is 5.85. The van der Waals surface area contributed by atoms with Gasteiger partial charge in [0.25, 0.3) is 5.91 Å². The molecule has 3 aromatic rings. The van der Waals surface area contributed by atoms with E-state index < -0.39 is 0 Å². The maximum absolute atomic E-state index is 12.9. The summed E-state index contributed by atoms with van der Waals surface area (Å²) in [6, 6.07) is 10.8. The summed E-state index contributed by atoms with van der Waals surface area (Å²) in [5, 5.41) is 13.0. The minimum atomic E-state index is 0.00961. The van der Waals surface area contributed by atoms with Crippen LogP contribution >= 0.6 is 0 Å². The van der Waals surface area contributed by atoms with E-state index in [-0.39, 0.29) is 11.8 Å². The van der Waals surface area contributed by atoms with Crippen molar-refractivity contribution >= 4 is 5.91 Å². The highest BCUT2D eigenvalue weighted by Gasteiger charge is 2.31. The Morgan fingerprint density at radius 1 is 1.13 bits per heavy atom. The highest BCUT2D eigenvalue weighted by atomic mass is 16.5. The number of rotatable bonds is 4. The van der Waals surface area contributed by atoms with Gasteiger partial charge in [-0.1, -0.05) is 5.16 Å². The lowest BCUT2D eigenvalue weighted by Crippen LogP contribution is -2.38. The first-order valence-electron chi connectivity index (χ1n) is 10.7. The van der Waals surface area contributed by atoms with E-state index in [1.807, 2.05) is 24.1 Å². The zero-order chi connectivity index (χ0) is 21.4. The second kappa shape index (κ2) is 7.95. The fourth-order valence-corrected chi connectivity index (χ4v) is 4.17. The first kappa shape index (κ1) is 19.4. The van der Waals surface area contributed by atoms with Crippen molar-refractivity contribution in [2.75, 3.05) is 13.1 Å². The number of hydrogen-bond acceptors (Lipinski definition) is 6. The van der Waals surface area contributed by atoms with E-state index in [2.05, 4.69) is 16.2 Å². The highest BCUT2D eigenvalue weighted by Crippen LogP contribution is 2.41. The molecule has 5 rings (SSSR count). The molecule has 1 saturated carbocycles. The van der Waals surface area contributed by atoms with E-state index in [4.69, 9.17) is 14.8 Å². The minimum Gasteiger partial charge on any atom is -0.356 e. The molecule has 0 N–H and O–H groups in total. The Morgan fingerprint density at radius 2 is 1.87 bits per heavy atom. The molecule has 0 spiro atoms. The summed E-state index contributed by atoms with van der Waals surface area (Å²) >= 11 is 0. The topological polar surface area (TPSA) is 95.9 Å². The van der Waals surface area contributed by atoms with Gasteiger partial charge in [-0.05, 0) is 56.9 Å². The number of carbonyl (C=O) groups is 1. The molecule has 1 aromatic carbocycles. The van der Waals surface area contributed by atoms with E-state index in [0.717, 1.165) is 48.5 Å². The molecule has 7 heteroatoms. The number of hydrogen-bond donors (Lipinski definition) is 0. The molecular formula is C24H23N5O2. The molecule has 1 aliphatic heterocycles. The molecule has 0 unspecified atom stereocenters. The van der Waals surface area contributed by atoms with Crippen LogP contribution in [-0.2, 0) is 0 Å². The van der Waals surface area contributed by atoms with E-state index in [0.29, 0.717) is 35.9 Å². The predicted octanol–water partition coefficient (Wildman–Crippen LogP) is 4.21. The Bertz CT molecular complexity index is 1150. The lowest BCUT2D eigenvalue weighted by atomic mass is 9.89. The molecule has 156 valence electrons.